The molecule has 0 spiro atoms. The molecule has 4 nitrogen and oxygen atoms in total. The smallest absolute Gasteiger partial charge is 0.223 e. The van der Waals surface area contributed by atoms with Crippen LogP contribution in [0.1, 0.15) is 46.5 Å². The van der Waals surface area contributed by atoms with Gasteiger partial charge < -0.3 is 10.2 Å². The molecule has 0 bridgehead atoms. The maximum absolute atomic E-state index is 11.9. The fourth-order valence-corrected chi connectivity index (χ4v) is 2.24. The Morgan fingerprint density at radius 2 is 1.89 bits per heavy atom. The van der Waals surface area contributed by atoms with Gasteiger partial charge in [-0.3, -0.25) is 9.59 Å². The number of piperidine rings is 1. The Hall–Kier alpha value is -1.06. The number of nitrogens with zero attached hydrogens (tertiary/aromatic N) is 1. The van der Waals surface area contributed by atoms with Crippen LogP contribution in [-0.4, -0.2) is 36.3 Å². The molecule has 1 N–H and O–H groups in total. The molecule has 1 heterocycles. The summed E-state index contributed by atoms with van der Waals surface area (Å²) in [5.74, 6) is 1.08. The molecule has 0 aromatic heterocycles. The molecule has 0 atom stereocenters. The van der Waals surface area contributed by atoms with E-state index in [1.165, 1.54) is 0 Å². The van der Waals surface area contributed by atoms with E-state index < -0.39 is 0 Å². The Kier molecular flexibility index (Phi) is 6.16. The highest BCUT2D eigenvalue weighted by molar-refractivity contribution is 5.80. The Balaban J connectivity index is 2.25. The van der Waals surface area contributed by atoms with Gasteiger partial charge in [-0.05, 0) is 25.2 Å². The van der Waals surface area contributed by atoms with Gasteiger partial charge in [0.1, 0.15) is 0 Å². The van der Waals surface area contributed by atoms with E-state index in [0.717, 1.165) is 38.9 Å². The minimum absolute atomic E-state index is 0.0954. The van der Waals surface area contributed by atoms with Crippen LogP contribution in [0.5, 0.6) is 0 Å². The second-order valence-corrected chi connectivity index (χ2v) is 5.48. The van der Waals surface area contributed by atoms with Crippen molar-refractivity contribution < 1.29 is 9.59 Å². The topological polar surface area (TPSA) is 49.4 Å². The van der Waals surface area contributed by atoms with Gasteiger partial charge in [-0.15, -0.1) is 0 Å². The quantitative estimate of drug-likeness (QED) is 0.813. The van der Waals surface area contributed by atoms with Crippen LogP contribution in [0.3, 0.4) is 0 Å². The molecule has 0 aliphatic carbocycles. The molecule has 1 fully saturated rings. The second-order valence-electron chi connectivity index (χ2n) is 5.48. The lowest BCUT2D eigenvalue weighted by Gasteiger charge is -2.31. The zero-order valence-corrected chi connectivity index (χ0v) is 11.9. The number of nitrogens with one attached hydrogen (secondary N) is 1. The molecule has 1 saturated heterocycles. The second kappa shape index (κ2) is 7.39. The van der Waals surface area contributed by atoms with Crippen molar-refractivity contribution >= 4 is 11.8 Å². The molecule has 2 amide bonds. The van der Waals surface area contributed by atoms with E-state index in [4.69, 9.17) is 0 Å². The minimum Gasteiger partial charge on any atom is -0.356 e. The van der Waals surface area contributed by atoms with E-state index in [9.17, 15) is 9.59 Å². The lowest BCUT2D eigenvalue weighted by Crippen LogP contribution is -2.43. The molecule has 0 radical (unpaired) electrons. The fourth-order valence-electron chi connectivity index (χ4n) is 2.24. The van der Waals surface area contributed by atoms with Gasteiger partial charge in [0.05, 0.1) is 0 Å². The van der Waals surface area contributed by atoms with Crippen molar-refractivity contribution in [2.75, 3.05) is 19.6 Å². The SMILES string of the molecule is CCC(=O)N1CCC(C(=O)NCCC(C)C)CC1. The number of hydrogen-bond acceptors (Lipinski definition) is 2. The summed E-state index contributed by atoms with van der Waals surface area (Å²) in [7, 11) is 0. The predicted molar refractivity (Wildman–Crippen MR) is 72.1 cm³/mol. The van der Waals surface area contributed by atoms with Crippen molar-refractivity contribution in [2.45, 2.75) is 46.5 Å². The van der Waals surface area contributed by atoms with Crippen molar-refractivity contribution in [2.24, 2.45) is 11.8 Å². The summed E-state index contributed by atoms with van der Waals surface area (Å²) in [6, 6.07) is 0. The van der Waals surface area contributed by atoms with Crippen LogP contribution >= 0.6 is 0 Å². The van der Waals surface area contributed by atoms with Crippen LogP contribution in [0.25, 0.3) is 0 Å². The molecule has 1 aliphatic rings. The van der Waals surface area contributed by atoms with Gasteiger partial charge in [-0.1, -0.05) is 20.8 Å². The third-order valence-electron chi connectivity index (χ3n) is 3.54. The van der Waals surface area contributed by atoms with Gasteiger partial charge in [-0.25, -0.2) is 0 Å². The van der Waals surface area contributed by atoms with E-state index in [-0.39, 0.29) is 17.7 Å². The maximum Gasteiger partial charge on any atom is 0.223 e. The van der Waals surface area contributed by atoms with Crippen LogP contribution in [-0.2, 0) is 9.59 Å². The van der Waals surface area contributed by atoms with Crippen molar-refractivity contribution in [3.63, 3.8) is 0 Å². The Morgan fingerprint density at radius 1 is 1.28 bits per heavy atom. The maximum atomic E-state index is 11.9. The number of likely N-dealkylation sites (tertiary alicyclic amines) is 1. The lowest BCUT2D eigenvalue weighted by atomic mass is 9.95. The monoisotopic (exact) mass is 254 g/mol. The van der Waals surface area contributed by atoms with Gasteiger partial charge in [0.2, 0.25) is 11.8 Å². The van der Waals surface area contributed by atoms with E-state index >= 15 is 0 Å². The number of carbonyl (C=O) groups excluding carboxylic acids is 2. The largest absolute Gasteiger partial charge is 0.356 e. The van der Waals surface area contributed by atoms with E-state index in [0.29, 0.717) is 12.3 Å². The fraction of sp³-hybridized carbons (Fsp3) is 0.857. The van der Waals surface area contributed by atoms with Gasteiger partial charge in [0.15, 0.2) is 0 Å². The van der Waals surface area contributed by atoms with E-state index in [1.807, 2.05) is 11.8 Å². The molecule has 104 valence electrons. The average Bonchev–Trinajstić information content (AvgIpc) is 2.37. The number of carbonyl (C=O) groups is 2. The number of amides is 2. The van der Waals surface area contributed by atoms with E-state index in [2.05, 4.69) is 19.2 Å². The van der Waals surface area contributed by atoms with Crippen LogP contribution in [0, 0.1) is 11.8 Å². The number of rotatable bonds is 5. The van der Waals surface area contributed by atoms with Gasteiger partial charge in [-0.2, -0.15) is 0 Å². The first-order chi connectivity index (χ1) is 8.54. The highest BCUT2D eigenvalue weighted by atomic mass is 16.2. The van der Waals surface area contributed by atoms with Crippen LogP contribution in [0.2, 0.25) is 0 Å². The standard InChI is InChI=1S/C14H26N2O2/c1-4-13(17)16-9-6-12(7-10-16)14(18)15-8-5-11(2)3/h11-12H,4-10H2,1-3H3,(H,15,18). The Bertz CT molecular complexity index is 282. The first-order valence-corrected chi connectivity index (χ1v) is 7.10. The molecule has 0 saturated carbocycles. The summed E-state index contributed by atoms with van der Waals surface area (Å²) in [4.78, 5) is 25.3. The molecule has 0 aromatic carbocycles. The first-order valence-electron chi connectivity index (χ1n) is 7.10. The van der Waals surface area contributed by atoms with Crippen molar-refractivity contribution in [3.8, 4) is 0 Å². The van der Waals surface area contributed by atoms with Crippen molar-refractivity contribution in [1.82, 2.24) is 10.2 Å². The third kappa shape index (κ3) is 4.67. The van der Waals surface area contributed by atoms with Gasteiger partial charge in [0.25, 0.3) is 0 Å². The highest BCUT2D eigenvalue weighted by Gasteiger charge is 2.26. The zero-order chi connectivity index (χ0) is 13.5. The Labute approximate surface area is 110 Å². The Morgan fingerprint density at radius 3 is 2.39 bits per heavy atom. The van der Waals surface area contributed by atoms with Gasteiger partial charge in [0, 0.05) is 32.0 Å². The lowest BCUT2D eigenvalue weighted by molar-refractivity contribution is -0.135. The molecule has 18 heavy (non-hydrogen) atoms. The summed E-state index contributed by atoms with van der Waals surface area (Å²) >= 11 is 0. The van der Waals surface area contributed by atoms with Crippen LogP contribution in [0.4, 0.5) is 0 Å². The summed E-state index contributed by atoms with van der Waals surface area (Å²) in [6.45, 7) is 8.42. The predicted octanol–water partition coefficient (Wildman–Crippen LogP) is 1.80. The van der Waals surface area contributed by atoms with Crippen molar-refractivity contribution in [1.29, 1.82) is 0 Å². The number of hydrogen-bond donors (Lipinski definition) is 1. The molecular formula is C14H26N2O2. The molecule has 0 aromatic rings. The normalized spacial score (nSPS) is 17.0. The first kappa shape index (κ1) is 15.0. The van der Waals surface area contributed by atoms with Gasteiger partial charge >= 0.3 is 0 Å². The zero-order valence-electron chi connectivity index (χ0n) is 11.9. The van der Waals surface area contributed by atoms with Crippen molar-refractivity contribution in [3.05, 3.63) is 0 Å². The summed E-state index contributed by atoms with van der Waals surface area (Å²) in [5.41, 5.74) is 0. The van der Waals surface area contributed by atoms with Crippen LogP contribution < -0.4 is 5.32 Å². The van der Waals surface area contributed by atoms with Crippen LogP contribution in [0.15, 0.2) is 0 Å². The third-order valence-corrected chi connectivity index (χ3v) is 3.54. The highest BCUT2D eigenvalue weighted by Crippen LogP contribution is 2.18. The van der Waals surface area contributed by atoms with E-state index in [1.54, 1.807) is 0 Å². The molecule has 1 rings (SSSR count). The molecular weight excluding hydrogens is 228 g/mol. The molecule has 0 unspecified atom stereocenters. The average molecular weight is 254 g/mol. The molecule has 1 aliphatic heterocycles. The molecule has 4 heteroatoms. The summed E-state index contributed by atoms with van der Waals surface area (Å²) in [6.07, 6.45) is 3.20. The summed E-state index contributed by atoms with van der Waals surface area (Å²) < 4.78 is 0. The minimum atomic E-state index is 0.0954. The summed E-state index contributed by atoms with van der Waals surface area (Å²) in [5, 5.41) is 3.00.